The van der Waals surface area contributed by atoms with Crippen LogP contribution in [0.5, 0.6) is 0 Å². The summed E-state index contributed by atoms with van der Waals surface area (Å²) >= 11 is 1.82. The number of hydrogen-bond donors (Lipinski definition) is 2. The molecule has 3 heterocycles. The Kier molecular flexibility index (Phi) is 4.46. The summed E-state index contributed by atoms with van der Waals surface area (Å²) < 4.78 is 0. The molecule has 2 aromatic carbocycles. The van der Waals surface area contributed by atoms with Crippen LogP contribution < -0.4 is 0 Å². The average Bonchev–Trinajstić information content (AvgIpc) is 3.39. The minimum Gasteiger partial charge on any atom is -0.354 e. The molecule has 0 saturated heterocycles. The SMILES string of the molecule is CC(C)(C)c1c(-c2ccsc2-c2[nH]c3ccccc3c2C(C)(C)C)[nH]c2ccccc12. The second-order valence-electron chi connectivity index (χ2n) is 10.5. The van der Waals surface area contributed by atoms with Crippen molar-refractivity contribution < 1.29 is 0 Å². The normalized spacial score (nSPS) is 12.8. The monoisotopic (exact) mass is 426 g/mol. The van der Waals surface area contributed by atoms with Gasteiger partial charge in [-0.1, -0.05) is 77.9 Å². The van der Waals surface area contributed by atoms with Gasteiger partial charge in [0.2, 0.25) is 0 Å². The van der Waals surface area contributed by atoms with Gasteiger partial charge in [-0.15, -0.1) is 11.3 Å². The van der Waals surface area contributed by atoms with Crippen molar-refractivity contribution in [2.45, 2.75) is 52.4 Å². The van der Waals surface area contributed by atoms with E-state index in [1.807, 2.05) is 11.3 Å². The first kappa shape index (κ1) is 20.1. The fourth-order valence-electron chi connectivity index (χ4n) is 4.91. The summed E-state index contributed by atoms with van der Waals surface area (Å²) in [6.45, 7) is 13.8. The lowest BCUT2D eigenvalue weighted by molar-refractivity contribution is 0.596. The molecule has 5 aromatic rings. The van der Waals surface area contributed by atoms with Crippen molar-refractivity contribution in [3.05, 3.63) is 71.1 Å². The largest absolute Gasteiger partial charge is 0.354 e. The van der Waals surface area contributed by atoms with Crippen LogP contribution in [0.4, 0.5) is 0 Å². The van der Waals surface area contributed by atoms with E-state index in [-0.39, 0.29) is 10.8 Å². The number of fused-ring (bicyclic) bond motifs is 2. The highest BCUT2D eigenvalue weighted by Crippen LogP contribution is 2.47. The van der Waals surface area contributed by atoms with Gasteiger partial charge in [0.15, 0.2) is 0 Å². The van der Waals surface area contributed by atoms with Crippen molar-refractivity contribution in [1.82, 2.24) is 9.97 Å². The van der Waals surface area contributed by atoms with Gasteiger partial charge in [0.05, 0.1) is 16.3 Å². The molecule has 0 unspecified atom stereocenters. The first-order chi connectivity index (χ1) is 14.7. The van der Waals surface area contributed by atoms with Crippen LogP contribution in [-0.2, 0) is 10.8 Å². The smallest absolute Gasteiger partial charge is 0.0611 e. The summed E-state index contributed by atoms with van der Waals surface area (Å²) in [7, 11) is 0. The number of hydrogen-bond acceptors (Lipinski definition) is 1. The summed E-state index contributed by atoms with van der Waals surface area (Å²) in [6.07, 6.45) is 0. The maximum absolute atomic E-state index is 3.77. The Morgan fingerprint density at radius 2 is 1.10 bits per heavy atom. The number of rotatable bonds is 2. The van der Waals surface area contributed by atoms with Gasteiger partial charge >= 0.3 is 0 Å². The predicted molar refractivity (Wildman–Crippen MR) is 136 cm³/mol. The third kappa shape index (κ3) is 3.23. The van der Waals surface area contributed by atoms with E-state index >= 15 is 0 Å². The maximum atomic E-state index is 3.77. The standard InChI is InChI=1S/C28H30N2S/c1-27(2,3)22-17-11-7-9-13-20(17)29-24(22)19-15-16-31-26(19)25-23(28(4,5)6)18-12-8-10-14-21(18)30-25/h7-16,29-30H,1-6H3. The van der Waals surface area contributed by atoms with Gasteiger partial charge in [0.1, 0.15) is 0 Å². The fourth-order valence-corrected chi connectivity index (χ4v) is 5.82. The third-order valence-corrected chi connectivity index (χ3v) is 7.01. The molecule has 3 aromatic heterocycles. The molecule has 0 aliphatic carbocycles. The van der Waals surface area contributed by atoms with Crippen molar-refractivity contribution >= 4 is 33.1 Å². The molecular formula is C28H30N2S. The van der Waals surface area contributed by atoms with Gasteiger partial charge in [0.25, 0.3) is 0 Å². The molecule has 0 aliphatic heterocycles. The average molecular weight is 427 g/mol. The molecule has 0 spiro atoms. The van der Waals surface area contributed by atoms with Gasteiger partial charge in [0, 0.05) is 27.4 Å². The van der Waals surface area contributed by atoms with Crippen molar-refractivity contribution in [1.29, 1.82) is 0 Å². The minimum atomic E-state index is 0.0292. The Morgan fingerprint density at radius 3 is 1.65 bits per heavy atom. The molecule has 0 aliphatic rings. The molecule has 158 valence electrons. The van der Waals surface area contributed by atoms with E-state index in [0.29, 0.717) is 0 Å². The lowest BCUT2D eigenvalue weighted by Crippen LogP contribution is -2.13. The van der Waals surface area contributed by atoms with Gasteiger partial charge in [-0.3, -0.25) is 0 Å². The number of aromatic nitrogens is 2. The van der Waals surface area contributed by atoms with E-state index in [2.05, 4.69) is 111 Å². The Morgan fingerprint density at radius 1 is 0.613 bits per heavy atom. The Hall–Kier alpha value is -2.78. The molecule has 0 radical (unpaired) electrons. The van der Waals surface area contributed by atoms with E-state index < -0.39 is 0 Å². The van der Waals surface area contributed by atoms with Gasteiger partial charge in [-0.25, -0.2) is 0 Å². The van der Waals surface area contributed by atoms with Gasteiger partial charge in [-0.2, -0.15) is 0 Å². The molecule has 31 heavy (non-hydrogen) atoms. The molecule has 3 heteroatoms. The van der Waals surface area contributed by atoms with Crippen molar-refractivity contribution in [2.75, 3.05) is 0 Å². The molecule has 0 amide bonds. The number of thiophene rings is 1. The molecular weight excluding hydrogens is 396 g/mol. The molecule has 0 saturated carbocycles. The first-order valence-electron chi connectivity index (χ1n) is 11.0. The zero-order valence-electron chi connectivity index (χ0n) is 19.2. The first-order valence-corrected chi connectivity index (χ1v) is 11.8. The van der Waals surface area contributed by atoms with Crippen LogP contribution in [0.2, 0.25) is 0 Å². The van der Waals surface area contributed by atoms with E-state index in [0.717, 1.165) is 0 Å². The van der Waals surface area contributed by atoms with Crippen LogP contribution in [0.15, 0.2) is 60.0 Å². The van der Waals surface area contributed by atoms with Crippen LogP contribution in [0.1, 0.15) is 52.7 Å². The van der Waals surface area contributed by atoms with Gasteiger partial charge in [-0.05, 0) is 45.5 Å². The van der Waals surface area contributed by atoms with Gasteiger partial charge < -0.3 is 9.97 Å². The Balaban J connectivity index is 1.83. The number of nitrogens with one attached hydrogen (secondary N) is 2. The Bertz CT molecular complexity index is 1290. The minimum absolute atomic E-state index is 0.0292. The third-order valence-electron chi connectivity index (χ3n) is 6.07. The second kappa shape index (κ2) is 6.86. The molecule has 2 N–H and O–H groups in total. The highest BCUT2D eigenvalue weighted by Gasteiger charge is 2.29. The van der Waals surface area contributed by atoms with Crippen LogP contribution >= 0.6 is 11.3 Å². The quantitative estimate of drug-likeness (QED) is 0.283. The summed E-state index contributed by atoms with van der Waals surface area (Å²) in [5.74, 6) is 0. The zero-order chi connectivity index (χ0) is 22.0. The number of H-pyrrole nitrogens is 2. The molecule has 2 nitrogen and oxygen atoms in total. The van der Waals surface area contributed by atoms with Crippen LogP contribution in [-0.4, -0.2) is 9.97 Å². The van der Waals surface area contributed by atoms with E-state index in [1.165, 1.54) is 54.8 Å². The maximum Gasteiger partial charge on any atom is 0.0611 e. The summed E-state index contributed by atoms with van der Waals surface area (Å²) in [6, 6.07) is 19.6. The fraction of sp³-hybridized carbons (Fsp3) is 0.286. The van der Waals surface area contributed by atoms with E-state index in [1.54, 1.807) is 0 Å². The molecule has 0 fully saturated rings. The van der Waals surface area contributed by atoms with Crippen LogP contribution in [0.25, 0.3) is 43.6 Å². The lowest BCUT2D eigenvalue weighted by Gasteiger charge is -2.22. The summed E-state index contributed by atoms with van der Waals surface area (Å²) in [5, 5.41) is 4.85. The van der Waals surface area contributed by atoms with Crippen molar-refractivity contribution in [3.63, 3.8) is 0 Å². The molecule has 5 rings (SSSR count). The zero-order valence-corrected chi connectivity index (χ0v) is 20.0. The lowest BCUT2D eigenvalue weighted by atomic mass is 9.82. The number of aromatic amines is 2. The molecule has 0 bridgehead atoms. The molecule has 0 atom stereocenters. The highest BCUT2D eigenvalue weighted by atomic mass is 32.1. The topological polar surface area (TPSA) is 31.6 Å². The highest BCUT2D eigenvalue weighted by molar-refractivity contribution is 7.14. The van der Waals surface area contributed by atoms with Crippen molar-refractivity contribution in [3.8, 4) is 21.8 Å². The number of benzene rings is 2. The van der Waals surface area contributed by atoms with E-state index in [9.17, 15) is 0 Å². The van der Waals surface area contributed by atoms with E-state index in [4.69, 9.17) is 0 Å². The number of para-hydroxylation sites is 2. The van der Waals surface area contributed by atoms with Crippen LogP contribution in [0.3, 0.4) is 0 Å². The van der Waals surface area contributed by atoms with Crippen molar-refractivity contribution in [2.24, 2.45) is 0 Å². The van der Waals surface area contributed by atoms with Crippen LogP contribution in [0, 0.1) is 0 Å². The predicted octanol–water partition coefficient (Wildman–Crippen LogP) is 8.64. The Labute approximate surface area is 188 Å². The second-order valence-corrected chi connectivity index (χ2v) is 11.4. The summed E-state index contributed by atoms with van der Waals surface area (Å²) in [4.78, 5) is 8.84. The summed E-state index contributed by atoms with van der Waals surface area (Å²) in [5.41, 5.74) is 9.01.